The molecule has 5 nitrogen and oxygen atoms in total. The second-order valence-electron chi connectivity index (χ2n) is 9.10. The van der Waals surface area contributed by atoms with Gasteiger partial charge in [0.2, 0.25) is 5.91 Å². The number of hydrogen-bond donors (Lipinski definition) is 0. The van der Waals surface area contributed by atoms with Crippen molar-refractivity contribution in [3.63, 3.8) is 0 Å². The molecule has 160 valence electrons. The molecule has 0 spiro atoms. The monoisotopic (exact) mass is 398 g/mol. The van der Waals surface area contributed by atoms with E-state index in [9.17, 15) is 4.79 Å². The quantitative estimate of drug-likeness (QED) is 0.763. The van der Waals surface area contributed by atoms with E-state index in [1.807, 2.05) is 0 Å². The molecule has 29 heavy (non-hydrogen) atoms. The average Bonchev–Trinajstić information content (AvgIpc) is 2.79. The molecular formula is C24H38N4O. The van der Waals surface area contributed by atoms with Crippen molar-refractivity contribution in [1.82, 2.24) is 14.7 Å². The van der Waals surface area contributed by atoms with Crippen molar-refractivity contribution in [1.29, 1.82) is 0 Å². The summed E-state index contributed by atoms with van der Waals surface area (Å²) in [6.07, 6.45) is 7.05. The highest BCUT2D eigenvalue weighted by Gasteiger charge is 2.30. The van der Waals surface area contributed by atoms with E-state index in [1.165, 1.54) is 50.0 Å². The first-order valence-corrected chi connectivity index (χ1v) is 11.8. The Kier molecular flexibility index (Phi) is 7.09. The normalized spacial score (nSPS) is 24.7. The van der Waals surface area contributed by atoms with Crippen LogP contribution >= 0.6 is 0 Å². The molecule has 3 aliphatic heterocycles. The van der Waals surface area contributed by atoms with Crippen LogP contribution in [-0.2, 0) is 4.79 Å². The van der Waals surface area contributed by atoms with E-state index in [1.54, 1.807) is 0 Å². The Morgan fingerprint density at radius 2 is 1.69 bits per heavy atom. The third-order valence-corrected chi connectivity index (χ3v) is 7.13. The number of rotatable bonds is 5. The van der Waals surface area contributed by atoms with Gasteiger partial charge in [-0.25, -0.2) is 0 Å². The number of likely N-dealkylation sites (tertiary alicyclic amines) is 2. The first kappa shape index (κ1) is 20.7. The van der Waals surface area contributed by atoms with E-state index in [0.29, 0.717) is 18.4 Å². The molecule has 0 saturated carbocycles. The summed E-state index contributed by atoms with van der Waals surface area (Å²) < 4.78 is 0. The largest absolute Gasteiger partial charge is 0.369 e. The van der Waals surface area contributed by atoms with Gasteiger partial charge < -0.3 is 14.7 Å². The van der Waals surface area contributed by atoms with Crippen LogP contribution in [0.15, 0.2) is 24.3 Å². The molecule has 0 N–H and O–H groups in total. The second-order valence-corrected chi connectivity index (χ2v) is 9.10. The number of anilines is 1. The minimum Gasteiger partial charge on any atom is -0.369 e. The molecule has 0 aromatic heterocycles. The highest BCUT2D eigenvalue weighted by molar-refractivity contribution is 5.76. The lowest BCUT2D eigenvalue weighted by atomic mass is 10.0. The first-order chi connectivity index (χ1) is 14.2. The first-order valence-electron chi connectivity index (χ1n) is 11.8. The van der Waals surface area contributed by atoms with Crippen molar-refractivity contribution < 1.29 is 4.79 Å². The van der Waals surface area contributed by atoms with Crippen LogP contribution in [0.4, 0.5) is 5.69 Å². The van der Waals surface area contributed by atoms with Crippen LogP contribution in [0, 0.1) is 6.92 Å². The van der Waals surface area contributed by atoms with Gasteiger partial charge in [0.15, 0.2) is 0 Å². The molecule has 3 fully saturated rings. The maximum absolute atomic E-state index is 12.8. The molecule has 1 unspecified atom stereocenters. The number of piperidine rings is 2. The summed E-state index contributed by atoms with van der Waals surface area (Å²) in [6.45, 7) is 11.8. The number of nitrogens with zero attached hydrogens (tertiary/aromatic N) is 4. The maximum Gasteiger partial charge on any atom is 0.223 e. The number of piperazine rings is 1. The molecule has 1 atom stereocenters. The third-order valence-electron chi connectivity index (χ3n) is 7.13. The van der Waals surface area contributed by atoms with Gasteiger partial charge in [-0.05, 0) is 57.3 Å². The van der Waals surface area contributed by atoms with Gasteiger partial charge in [-0.3, -0.25) is 9.69 Å². The van der Waals surface area contributed by atoms with E-state index < -0.39 is 0 Å². The van der Waals surface area contributed by atoms with Crippen LogP contribution in [0.25, 0.3) is 0 Å². The van der Waals surface area contributed by atoms with Crippen molar-refractivity contribution in [2.24, 2.45) is 0 Å². The number of carbonyl (C=O) groups excluding carboxylic acids is 1. The summed E-state index contributed by atoms with van der Waals surface area (Å²) in [6, 6.07) is 9.25. The van der Waals surface area contributed by atoms with Gasteiger partial charge in [-0.2, -0.15) is 0 Å². The molecule has 1 aromatic carbocycles. The van der Waals surface area contributed by atoms with Crippen molar-refractivity contribution >= 4 is 11.6 Å². The van der Waals surface area contributed by atoms with Gasteiger partial charge in [-0.15, -0.1) is 0 Å². The minimum atomic E-state index is 0.374. The number of benzene rings is 1. The fourth-order valence-electron chi connectivity index (χ4n) is 5.32. The van der Waals surface area contributed by atoms with Gasteiger partial charge in [0.25, 0.3) is 0 Å². The molecule has 0 aliphatic carbocycles. The summed E-state index contributed by atoms with van der Waals surface area (Å²) in [7, 11) is 0. The zero-order chi connectivity index (χ0) is 20.1. The Labute approximate surface area is 176 Å². The number of aryl methyl sites for hydroxylation is 1. The van der Waals surface area contributed by atoms with Crippen LogP contribution in [-0.4, -0.2) is 85.6 Å². The predicted octanol–water partition coefficient (Wildman–Crippen LogP) is 2.98. The summed E-state index contributed by atoms with van der Waals surface area (Å²) in [5, 5.41) is 0. The van der Waals surface area contributed by atoms with Crippen molar-refractivity contribution in [2.45, 2.75) is 51.5 Å². The Bertz CT molecular complexity index is 665. The summed E-state index contributed by atoms with van der Waals surface area (Å²) >= 11 is 0. The highest BCUT2D eigenvalue weighted by atomic mass is 16.2. The molecule has 1 amide bonds. The minimum absolute atomic E-state index is 0.374. The molecule has 4 rings (SSSR count). The van der Waals surface area contributed by atoms with Gasteiger partial charge in [0.1, 0.15) is 0 Å². The van der Waals surface area contributed by atoms with Gasteiger partial charge in [0, 0.05) is 64.0 Å². The molecule has 0 radical (unpaired) electrons. The Balaban J connectivity index is 1.24. The summed E-state index contributed by atoms with van der Waals surface area (Å²) in [4.78, 5) is 22.6. The van der Waals surface area contributed by atoms with Crippen LogP contribution in [0.5, 0.6) is 0 Å². The lowest BCUT2D eigenvalue weighted by Gasteiger charge is -2.44. The summed E-state index contributed by atoms with van der Waals surface area (Å²) in [5.74, 6) is 0.374. The Morgan fingerprint density at radius 1 is 0.931 bits per heavy atom. The molecule has 3 heterocycles. The smallest absolute Gasteiger partial charge is 0.223 e. The average molecular weight is 399 g/mol. The predicted molar refractivity (Wildman–Crippen MR) is 119 cm³/mol. The van der Waals surface area contributed by atoms with Crippen molar-refractivity contribution in [3.05, 3.63) is 29.8 Å². The van der Waals surface area contributed by atoms with E-state index in [4.69, 9.17) is 0 Å². The topological polar surface area (TPSA) is 30.0 Å². The molecule has 5 heteroatoms. The van der Waals surface area contributed by atoms with Gasteiger partial charge >= 0.3 is 0 Å². The van der Waals surface area contributed by atoms with E-state index >= 15 is 0 Å². The molecule has 3 aliphatic rings. The lowest BCUT2D eigenvalue weighted by molar-refractivity contribution is -0.133. The zero-order valence-corrected chi connectivity index (χ0v) is 18.2. The van der Waals surface area contributed by atoms with Crippen LogP contribution < -0.4 is 4.90 Å². The summed E-state index contributed by atoms with van der Waals surface area (Å²) in [5.41, 5.74) is 2.74. The molecular weight excluding hydrogens is 360 g/mol. The molecule has 0 bridgehead atoms. The van der Waals surface area contributed by atoms with Crippen LogP contribution in [0.3, 0.4) is 0 Å². The Morgan fingerprint density at radius 3 is 2.45 bits per heavy atom. The standard InChI is InChI=1S/C24H38N4O/c1-21-8-3-4-10-23(21)27-18-16-26(17-19-27)22-9-7-14-28(20-22)24(29)11-15-25-12-5-2-6-13-25/h3-4,8,10,22H,2,5-7,9,11-20H2,1H3. The van der Waals surface area contributed by atoms with Crippen LogP contribution in [0.2, 0.25) is 0 Å². The van der Waals surface area contributed by atoms with Gasteiger partial charge in [-0.1, -0.05) is 24.6 Å². The van der Waals surface area contributed by atoms with E-state index in [0.717, 1.165) is 52.2 Å². The zero-order valence-electron chi connectivity index (χ0n) is 18.2. The number of carbonyl (C=O) groups is 1. The second kappa shape index (κ2) is 9.94. The van der Waals surface area contributed by atoms with Crippen molar-refractivity contribution in [3.8, 4) is 0 Å². The highest BCUT2D eigenvalue weighted by Crippen LogP contribution is 2.23. The van der Waals surface area contributed by atoms with Crippen LogP contribution in [0.1, 0.15) is 44.1 Å². The van der Waals surface area contributed by atoms with E-state index in [-0.39, 0.29) is 0 Å². The van der Waals surface area contributed by atoms with E-state index in [2.05, 4.69) is 50.8 Å². The molecule has 3 saturated heterocycles. The maximum atomic E-state index is 12.8. The lowest BCUT2D eigenvalue weighted by Crippen LogP contribution is -2.56. The Hall–Kier alpha value is -1.59. The molecule has 1 aromatic rings. The third kappa shape index (κ3) is 5.32. The van der Waals surface area contributed by atoms with Crippen molar-refractivity contribution in [2.75, 3.05) is 63.8 Å². The SMILES string of the molecule is Cc1ccccc1N1CCN(C2CCCN(C(=O)CCN3CCCCC3)C2)CC1. The number of hydrogen-bond acceptors (Lipinski definition) is 4. The fraction of sp³-hybridized carbons (Fsp3) is 0.708. The fourth-order valence-corrected chi connectivity index (χ4v) is 5.32. The van der Waals surface area contributed by atoms with Gasteiger partial charge in [0.05, 0.1) is 0 Å². The number of amides is 1. The number of para-hydroxylation sites is 1.